The van der Waals surface area contributed by atoms with Crippen molar-refractivity contribution in [1.82, 2.24) is 4.90 Å². The average molecular weight is 283 g/mol. The standard InChI is InChI=1S/C9H17NO5S2/c1-2-10-4-9(15,17-8(10)16)7(14)6(13)5(12)3-11/h5-7,11-15H,2-4H2,1H3. The van der Waals surface area contributed by atoms with Crippen molar-refractivity contribution in [2.45, 2.75) is 30.2 Å². The number of β-amino-alcohol motifs (C(OH)–C–C–N with tert-alkyl or cyclic N) is 1. The van der Waals surface area contributed by atoms with Gasteiger partial charge in [0.2, 0.25) is 0 Å². The number of likely N-dealkylation sites (N-methyl/N-ethyl adjacent to an activating group) is 1. The molecule has 100 valence electrons. The second-order valence-electron chi connectivity index (χ2n) is 3.91. The number of aliphatic hydroxyl groups excluding tert-OH is 4. The number of aliphatic hydroxyl groups is 5. The maximum Gasteiger partial charge on any atom is 0.162 e. The molecule has 1 heterocycles. The van der Waals surface area contributed by atoms with Crippen molar-refractivity contribution in [3.63, 3.8) is 0 Å². The molecule has 0 amide bonds. The summed E-state index contributed by atoms with van der Waals surface area (Å²) >= 11 is 5.89. The van der Waals surface area contributed by atoms with Crippen LogP contribution in [-0.2, 0) is 0 Å². The van der Waals surface area contributed by atoms with Crippen LogP contribution in [0.15, 0.2) is 0 Å². The molecule has 5 N–H and O–H groups in total. The zero-order valence-corrected chi connectivity index (χ0v) is 11.0. The van der Waals surface area contributed by atoms with Crippen LogP contribution in [0.5, 0.6) is 0 Å². The lowest BCUT2D eigenvalue weighted by atomic mass is 10.0. The Bertz CT molecular complexity index is 293. The molecule has 17 heavy (non-hydrogen) atoms. The average Bonchev–Trinajstić information content (AvgIpc) is 2.62. The van der Waals surface area contributed by atoms with Gasteiger partial charge in [0.25, 0.3) is 0 Å². The highest BCUT2D eigenvalue weighted by Crippen LogP contribution is 2.38. The van der Waals surface area contributed by atoms with Gasteiger partial charge in [-0.15, -0.1) is 0 Å². The lowest BCUT2D eigenvalue weighted by Crippen LogP contribution is -2.53. The molecule has 4 unspecified atom stereocenters. The Morgan fingerprint density at radius 1 is 1.47 bits per heavy atom. The molecule has 1 fully saturated rings. The maximum absolute atomic E-state index is 10.2. The zero-order chi connectivity index (χ0) is 13.2. The molecular weight excluding hydrogens is 266 g/mol. The smallest absolute Gasteiger partial charge is 0.162 e. The minimum absolute atomic E-state index is 0.0728. The summed E-state index contributed by atoms with van der Waals surface area (Å²) in [5, 5.41) is 47.5. The Balaban J connectivity index is 2.75. The zero-order valence-electron chi connectivity index (χ0n) is 9.35. The van der Waals surface area contributed by atoms with Crippen molar-refractivity contribution >= 4 is 28.3 Å². The van der Waals surface area contributed by atoms with E-state index < -0.39 is 29.9 Å². The molecule has 0 aromatic carbocycles. The summed E-state index contributed by atoms with van der Waals surface area (Å²) < 4.78 is 0.430. The molecule has 4 atom stereocenters. The Morgan fingerprint density at radius 3 is 2.47 bits per heavy atom. The number of nitrogens with zero attached hydrogens (tertiary/aromatic N) is 1. The number of thioether (sulfide) groups is 1. The van der Waals surface area contributed by atoms with E-state index in [1.807, 2.05) is 6.92 Å². The Kier molecular flexibility index (Phi) is 5.14. The van der Waals surface area contributed by atoms with E-state index in [1.165, 1.54) is 0 Å². The molecule has 1 aliphatic heterocycles. The normalized spacial score (nSPS) is 30.5. The fraction of sp³-hybridized carbons (Fsp3) is 0.889. The Labute approximate surface area is 109 Å². The third-order valence-electron chi connectivity index (χ3n) is 2.69. The van der Waals surface area contributed by atoms with Crippen molar-refractivity contribution < 1.29 is 25.5 Å². The van der Waals surface area contributed by atoms with Gasteiger partial charge in [0.05, 0.1) is 13.2 Å². The van der Waals surface area contributed by atoms with Gasteiger partial charge in [0, 0.05) is 6.54 Å². The SMILES string of the molecule is CCN1CC(O)(C(O)C(O)C(O)CO)SC1=S. The molecule has 0 spiro atoms. The fourth-order valence-electron chi connectivity index (χ4n) is 1.57. The van der Waals surface area contributed by atoms with Gasteiger partial charge in [0.1, 0.15) is 22.6 Å². The largest absolute Gasteiger partial charge is 0.394 e. The molecule has 1 rings (SSSR count). The van der Waals surface area contributed by atoms with E-state index in [4.69, 9.17) is 17.3 Å². The first-order chi connectivity index (χ1) is 7.85. The predicted molar refractivity (Wildman–Crippen MR) is 67.5 cm³/mol. The Morgan fingerprint density at radius 2 is 2.06 bits per heavy atom. The van der Waals surface area contributed by atoms with Crippen molar-refractivity contribution in [3.05, 3.63) is 0 Å². The molecule has 0 saturated carbocycles. The summed E-state index contributed by atoms with van der Waals surface area (Å²) in [5.74, 6) is 0. The van der Waals surface area contributed by atoms with E-state index in [9.17, 15) is 20.4 Å². The molecule has 1 aliphatic rings. The molecule has 0 bridgehead atoms. The van der Waals surface area contributed by atoms with Crippen LogP contribution in [0.4, 0.5) is 0 Å². The first-order valence-electron chi connectivity index (χ1n) is 5.21. The number of hydrogen-bond acceptors (Lipinski definition) is 7. The first kappa shape index (κ1) is 15.1. The molecule has 0 aliphatic carbocycles. The van der Waals surface area contributed by atoms with Crippen molar-refractivity contribution in [2.75, 3.05) is 19.7 Å². The van der Waals surface area contributed by atoms with E-state index in [1.54, 1.807) is 4.90 Å². The minimum Gasteiger partial charge on any atom is -0.394 e. The lowest BCUT2D eigenvalue weighted by Gasteiger charge is -2.32. The van der Waals surface area contributed by atoms with Gasteiger partial charge in [-0.25, -0.2) is 0 Å². The highest BCUT2D eigenvalue weighted by Gasteiger charge is 2.49. The predicted octanol–water partition coefficient (Wildman–Crippen LogP) is -1.90. The van der Waals surface area contributed by atoms with Gasteiger partial charge in [0.15, 0.2) is 4.93 Å². The van der Waals surface area contributed by atoms with E-state index in [0.29, 0.717) is 10.9 Å². The number of hydrogen-bond donors (Lipinski definition) is 5. The van der Waals surface area contributed by atoms with Gasteiger partial charge < -0.3 is 30.4 Å². The van der Waals surface area contributed by atoms with Crippen LogP contribution in [0.1, 0.15) is 6.92 Å². The van der Waals surface area contributed by atoms with E-state index >= 15 is 0 Å². The van der Waals surface area contributed by atoms with Gasteiger partial charge in [-0.3, -0.25) is 0 Å². The van der Waals surface area contributed by atoms with Crippen LogP contribution in [0.25, 0.3) is 0 Å². The van der Waals surface area contributed by atoms with E-state index in [2.05, 4.69) is 0 Å². The summed E-state index contributed by atoms with van der Waals surface area (Å²) in [6.45, 7) is 1.81. The summed E-state index contributed by atoms with van der Waals surface area (Å²) in [6, 6.07) is 0. The van der Waals surface area contributed by atoms with Crippen LogP contribution in [0.2, 0.25) is 0 Å². The first-order valence-corrected chi connectivity index (χ1v) is 6.43. The molecular formula is C9H17NO5S2. The van der Waals surface area contributed by atoms with E-state index in [0.717, 1.165) is 11.8 Å². The Hall–Kier alpha value is 0.0400. The molecule has 0 radical (unpaired) electrons. The van der Waals surface area contributed by atoms with Crippen LogP contribution in [-0.4, -0.2) is 77.7 Å². The third-order valence-corrected chi connectivity index (χ3v) is 4.35. The lowest BCUT2D eigenvalue weighted by molar-refractivity contribution is -0.126. The van der Waals surface area contributed by atoms with Crippen LogP contribution in [0, 0.1) is 0 Å². The van der Waals surface area contributed by atoms with Gasteiger partial charge >= 0.3 is 0 Å². The maximum atomic E-state index is 10.2. The topological polar surface area (TPSA) is 104 Å². The molecule has 8 heteroatoms. The number of thiocarbonyl (C=S) groups is 1. The quantitative estimate of drug-likeness (QED) is 0.373. The highest BCUT2D eigenvalue weighted by atomic mass is 32.2. The van der Waals surface area contributed by atoms with Gasteiger partial charge in [-0.2, -0.15) is 0 Å². The molecule has 1 saturated heterocycles. The van der Waals surface area contributed by atoms with Gasteiger partial charge in [-0.05, 0) is 6.92 Å². The third kappa shape index (κ3) is 3.08. The van der Waals surface area contributed by atoms with Crippen LogP contribution < -0.4 is 0 Å². The summed E-state index contributed by atoms with van der Waals surface area (Å²) in [5.41, 5.74) is 0. The molecule has 0 aromatic heterocycles. The fourth-order valence-corrected chi connectivity index (χ4v) is 3.30. The summed E-state index contributed by atoms with van der Waals surface area (Å²) in [6.07, 6.45) is -4.72. The van der Waals surface area contributed by atoms with Crippen molar-refractivity contribution in [2.24, 2.45) is 0 Å². The molecule has 0 aromatic rings. The summed E-state index contributed by atoms with van der Waals surface area (Å²) in [7, 11) is 0. The van der Waals surface area contributed by atoms with Crippen LogP contribution in [0.3, 0.4) is 0 Å². The van der Waals surface area contributed by atoms with Crippen molar-refractivity contribution in [3.8, 4) is 0 Å². The number of rotatable bonds is 5. The molecule has 6 nitrogen and oxygen atoms in total. The van der Waals surface area contributed by atoms with E-state index in [-0.39, 0.29) is 6.54 Å². The second-order valence-corrected chi connectivity index (χ2v) is 5.86. The van der Waals surface area contributed by atoms with Crippen LogP contribution >= 0.6 is 24.0 Å². The van der Waals surface area contributed by atoms with Crippen molar-refractivity contribution in [1.29, 1.82) is 0 Å². The van der Waals surface area contributed by atoms with Gasteiger partial charge in [-0.1, -0.05) is 24.0 Å². The minimum atomic E-state index is -1.66. The highest BCUT2D eigenvalue weighted by molar-refractivity contribution is 8.24. The monoisotopic (exact) mass is 283 g/mol. The second kappa shape index (κ2) is 5.79. The summed E-state index contributed by atoms with van der Waals surface area (Å²) in [4.78, 5) is 0.0178.